The van der Waals surface area contributed by atoms with Crippen LogP contribution in [0.2, 0.25) is 0 Å². The number of rotatable bonds is 2. The third-order valence-corrected chi connectivity index (χ3v) is 7.92. The van der Waals surface area contributed by atoms with Crippen molar-refractivity contribution >= 4 is 21.8 Å². The minimum atomic E-state index is -0.376. The van der Waals surface area contributed by atoms with E-state index in [2.05, 4.69) is 133 Å². The Hall–Kier alpha value is -4.10. The van der Waals surface area contributed by atoms with Gasteiger partial charge in [0.1, 0.15) is 0 Å². The maximum atomic E-state index is 2.43. The van der Waals surface area contributed by atoms with Crippen LogP contribution in [0.15, 0.2) is 133 Å². The molecule has 1 heteroatoms. The van der Waals surface area contributed by atoms with Crippen molar-refractivity contribution in [2.45, 2.75) is 18.3 Å². The lowest BCUT2D eigenvalue weighted by molar-refractivity contribution is 0.759. The first-order valence-corrected chi connectivity index (χ1v) is 12.5. The van der Waals surface area contributed by atoms with Gasteiger partial charge in [-0.3, -0.25) is 0 Å². The summed E-state index contributed by atoms with van der Waals surface area (Å²) in [5, 5.41) is 2.64. The number of hydrogen-bond acceptors (Lipinski definition) is 0. The molecular weight excluding hydrogens is 422 g/mol. The number of benzene rings is 3. The van der Waals surface area contributed by atoms with Crippen LogP contribution in [0, 0.1) is 0 Å². The summed E-state index contributed by atoms with van der Waals surface area (Å²) >= 11 is 0. The van der Waals surface area contributed by atoms with Crippen LogP contribution in [-0.4, -0.2) is 4.57 Å². The van der Waals surface area contributed by atoms with E-state index in [0.717, 1.165) is 12.8 Å². The third kappa shape index (κ3) is 2.70. The predicted octanol–water partition coefficient (Wildman–Crippen LogP) is 8.48. The highest BCUT2D eigenvalue weighted by molar-refractivity contribution is 6.12. The molecule has 1 aromatic heterocycles. The first kappa shape index (κ1) is 20.3. The zero-order valence-corrected chi connectivity index (χ0v) is 19.9. The van der Waals surface area contributed by atoms with Gasteiger partial charge in [0.2, 0.25) is 0 Å². The highest BCUT2D eigenvalue weighted by atomic mass is 14.9. The summed E-state index contributed by atoms with van der Waals surface area (Å²) in [6.45, 7) is 0. The molecule has 0 radical (unpaired) electrons. The van der Waals surface area contributed by atoms with Crippen LogP contribution in [0.1, 0.15) is 24.0 Å². The summed E-state index contributed by atoms with van der Waals surface area (Å²) in [6.07, 6.45) is 24.7. The summed E-state index contributed by atoms with van der Waals surface area (Å²) in [5.74, 6) is 0. The Labute approximate surface area is 206 Å². The molecule has 0 aliphatic heterocycles. The maximum Gasteiger partial charge on any atom is 0.0728 e. The average Bonchev–Trinajstić information content (AvgIpc) is 3.13. The molecule has 3 aliphatic rings. The number of hydrogen-bond donors (Lipinski definition) is 0. The molecular formula is C34H27N. The summed E-state index contributed by atoms with van der Waals surface area (Å²) in [6, 6.07) is 22.6. The lowest BCUT2D eigenvalue weighted by Crippen LogP contribution is -2.30. The van der Waals surface area contributed by atoms with Crippen molar-refractivity contribution in [2.75, 3.05) is 0 Å². The van der Waals surface area contributed by atoms with Crippen LogP contribution in [-0.2, 0) is 12.5 Å². The van der Waals surface area contributed by atoms with Gasteiger partial charge in [-0.15, -0.1) is 0 Å². The van der Waals surface area contributed by atoms with E-state index in [9.17, 15) is 0 Å². The molecule has 0 saturated heterocycles. The Kier molecular flexibility index (Phi) is 4.47. The van der Waals surface area contributed by atoms with Gasteiger partial charge in [-0.05, 0) is 46.7 Å². The number of aromatic nitrogens is 1. The number of fused-ring (bicyclic) bond motifs is 7. The van der Waals surface area contributed by atoms with Crippen molar-refractivity contribution in [1.29, 1.82) is 0 Å². The Morgan fingerprint density at radius 3 is 2.11 bits per heavy atom. The van der Waals surface area contributed by atoms with Crippen LogP contribution in [0.3, 0.4) is 0 Å². The molecule has 7 rings (SSSR count). The summed E-state index contributed by atoms with van der Waals surface area (Å²) in [5.41, 5.74) is 10.4. The van der Waals surface area contributed by atoms with Gasteiger partial charge >= 0.3 is 0 Å². The van der Waals surface area contributed by atoms with E-state index in [1.54, 1.807) is 0 Å². The monoisotopic (exact) mass is 449 g/mol. The van der Waals surface area contributed by atoms with Gasteiger partial charge in [0.25, 0.3) is 0 Å². The minimum Gasteiger partial charge on any atom is -0.343 e. The summed E-state index contributed by atoms with van der Waals surface area (Å²) in [4.78, 5) is 0. The van der Waals surface area contributed by atoms with Crippen LogP contribution < -0.4 is 0 Å². The topological polar surface area (TPSA) is 4.93 Å². The molecule has 1 heterocycles. The van der Waals surface area contributed by atoms with Gasteiger partial charge in [-0.25, -0.2) is 0 Å². The van der Waals surface area contributed by atoms with Crippen LogP contribution in [0.5, 0.6) is 0 Å². The second-order valence-corrected chi connectivity index (χ2v) is 9.62. The van der Waals surface area contributed by atoms with Crippen molar-refractivity contribution in [3.63, 3.8) is 0 Å². The predicted molar refractivity (Wildman–Crippen MR) is 149 cm³/mol. The first-order chi connectivity index (χ1) is 17.3. The van der Waals surface area contributed by atoms with E-state index in [1.165, 1.54) is 55.2 Å². The Bertz CT molecular complexity index is 1650. The van der Waals surface area contributed by atoms with E-state index in [1.807, 2.05) is 0 Å². The number of para-hydroxylation sites is 1. The molecule has 0 N–H and O–H groups in total. The average molecular weight is 450 g/mol. The van der Waals surface area contributed by atoms with Gasteiger partial charge in [0.15, 0.2) is 0 Å². The van der Waals surface area contributed by atoms with Crippen LogP contribution in [0.25, 0.3) is 32.9 Å². The molecule has 0 saturated carbocycles. The van der Waals surface area contributed by atoms with E-state index in [4.69, 9.17) is 0 Å². The molecule has 3 aromatic carbocycles. The molecule has 0 fully saturated rings. The molecule has 1 nitrogen and oxygen atoms in total. The molecule has 0 unspecified atom stereocenters. The van der Waals surface area contributed by atoms with E-state index < -0.39 is 0 Å². The number of allylic oxidation sites excluding steroid dienone is 12. The fraction of sp³-hybridized carbons (Fsp3) is 0.118. The van der Waals surface area contributed by atoms with Gasteiger partial charge < -0.3 is 4.57 Å². The molecule has 168 valence electrons. The number of nitrogens with zero attached hydrogens (tertiary/aromatic N) is 1. The first-order valence-electron chi connectivity index (χ1n) is 12.5. The highest BCUT2D eigenvalue weighted by Crippen LogP contribution is 2.60. The third-order valence-electron chi connectivity index (χ3n) is 7.92. The molecule has 0 atom stereocenters. The van der Waals surface area contributed by atoms with Gasteiger partial charge in [0, 0.05) is 28.9 Å². The molecule has 0 amide bonds. The Morgan fingerprint density at radius 2 is 1.34 bits per heavy atom. The van der Waals surface area contributed by atoms with Crippen molar-refractivity contribution < 1.29 is 0 Å². The fourth-order valence-corrected chi connectivity index (χ4v) is 6.54. The van der Waals surface area contributed by atoms with E-state index in [0.29, 0.717) is 0 Å². The normalized spacial score (nSPS) is 17.7. The van der Waals surface area contributed by atoms with Gasteiger partial charge in [-0.2, -0.15) is 0 Å². The zero-order chi connectivity index (χ0) is 23.4. The Balaban J connectivity index is 1.72. The van der Waals surface area contributed by atoms with E-state index in [-0.39, 0.29) is 5.41 Å². The largest absolute Gasteiger partial charge is 0.343 e. The standard InChI is InChI=1S/C34H27N/c1-35-31-21-13-11-19-27(31)29-23-22-28-26-18-10-12-20-30(26)34(32(28)33(29)35,24-14-6-2-3-7-15-24)25-16-8-4-5-9-17-25/h2-6,8,10-23H,7,9H2,1H3. The molecule has 0 spiro atoms. The number of aryl methyl sites for hydroxylation is 1. The van der Waals surface area contributed by atoms with E-state index >= 15 is 0 Å². The fourth-order valence-electron chi connectivity index (χ4n) is 6.54. The lowest BCUT2D eigenvalue weighted by Gasteiger charge is -2.36. The quantitative estimate of drug-likeness (QED) is 0.289. The maximum absolute atomic E-state index is 2.43. The van der Waals surface area contributed by atoms with Crippen molar-refractivity contribution in [1.82, 2.24) is 4.57 Å². The Morgan fingerprint density at radius 1 is 0.657 bits per heavy atom. The second-order valence-electron chi connectivity index (χ2n) is 9.62. The minimum absolute atomic E-state index is 0.376. The second kappa shape index (κ2) is 7.71. The highest BCUT2D eigenvalue weighted by Gasteiger charge is 2.49. The van der Waals surface area contributed by atoms with Gasteiger partial charge in [0.05, 0.1) is 10.9 Å². The molecule has 3 aliphatic carbocycles. The van der Waals surface area contributed by atoms with Crippen molar-refractivity contribution in [2.24, 2.45) is 7.05 Å². The van der Waals surface area contributed by atoms with Crippen molar-refractivity contribution in [3.8, 4) is 11.1 Å². The van der Waals surface area contributed by atoms with Gasteiger partial charge in [-0.1, -0.05) is 115 Å². The lowest BCUT2D eigenvalue weighted by atomic mass is 9.65. The van der Waals surface area contributed by atoms with Crippen LogP contribution >= 0.6 is 0 Å². The zero-order valence-electron chi connectivity index (χ0n) is 19.9. The smallest absolute Gasteiger partial charge is 0.0728 e. The molecule has 4 aromatic rings. The molecule has 0 bridgehead atoms. The van der Waals surface area contributed by atoms with Crippen LogP contribution in [0.4, 0.5) is 0 Å². The molecule has 35 heavy (non-hydrogen) atoms. The SMILES string of the molecule is Cn1c2ccccc2c2ccc3c(c21)C(C1=CCC=CC=C1)(C1=CCC=CC=C1)c1ccccc1-3. The summed E-state index contributed by atoms with van der Waals surface area (Å²) < 4.78 is 2.42. The summed E-state index contributed by atoms with van der Waals surface area (Å²) in [7, 11) is 2.23. The van der Waals surface area contributed by atoms with Crippen molar-refractivity contribution in [3.05, 3.63) is 144 Å².